The Morgan fingerprint density at radius 2 is 2.50 bits per heavy atom. The summed E-state index contributed by atoms with van der Waals surface area (Å²) >= 11 is 0. The first-order valence-electron chi connectivity index (χ1n) is 5.00. The molecule has 3 atom stereocenters. The van der Waals surface area contributed by atoms with Gasteiger partial charge in [0.1, 0.15) is 6.61 Å². The lowest BCUT2D eigenvalue weighted by Crippen LogP contribution is -2.25. The molecule has 1 aliphatic carbocycles. The minimum absolute atomic E-state index is 0.0175. The quantitative estimate of drug-likeness (QED) is 0.383. The standard InChI is InChI=1S/C11H16O3/c1-7-4-9(6-13-8(2)12)10-11(3,5-7)14-10/h4,9-10H,5-6H2,1-3H3/t9-,10-,11+/m1/s1. The summed E-state index contributed by atoms with van der Waals surface area (Å²) in [5.74, 6) is 0.0293. The molecule has 1 aliphatic heterocycles. The van der Waals surface area contributed by atoms with Gasteiger partial charge >= 0.3 is 5.97 Å². The molecular weight excluding hydrogens is 180 g/mol. The van der Waals surface area contributed by atoms with Gasteiger partial charge in [-0.25, -0.2) is 0 Å². The molecule has 3 heteroatoms. The summed E-state index contributed by atoms with van der Waals surface area (Å²) in [7, 11) is 0. The second kappa shape index (κ2) is 3.09. The minimum atomic E-state index is -0.219. The van der Waals surface area contributed by atoms with Gasteiger partial charge in [-0.1, -0.05) is 11.6 Å². The van der Waals surface area contributed by atoms with Crippen LogP contribution in [0.3, 0.4) is 0 Å². The molecule has 0 unspecified atom stereocenters. The van der Waals surface area contributed by atoms with Gasteiger partial charge < -0.3 is 9.47 Å². The van der Waals surface area contributed by atoms with Crippen LogP contribution in [-0.4, -0.2) is 24.3 Å². The second-order valence-corrected chi connectivity index (χ2v) is 4.51. The second-order valence-electron chi connectivity index (χ2n) is 4.51. The molecule has 78 valence electrons. The lowest BCUT2D eigenvalue weighted by atomic mass is 9.84. The van der Waals surface area contributed by atoms with E-state index in [4.69, 9.17) is 9.47 Å². The van der Waals surface area contributed by atoms with Crippen LogP contribution in [0.15, 0.2) is 11.6 Å². The molecule has 0 spiro atoms. The number of rotatable bonds is 2. The van der Waals surface area contributed by atoms with Gasteiger partial charge in [-0.3, -0.25) is 4.79 Å². The van der Waals surface area contributed by atoms with Crippen LogP contribution in [0, 0.1) is 5.92 Å². The normalized spacial score (nSPS) is 39.8. The first-order chi connectivity index (χ1) is 6.51. The Balaban J connectivity index is 1.98. The SMILES string of the molecule is CC(=O)OC[C@H]1C=C(C)C[C@]2(C)O[C@H]12. The molecule has 0 aromatic rings. The van der Waals surface area contributed by atoms with Crippen molar-refractivity contribution in [2.45, 2.75) is 38.9 Å². The summed E-state index contributed by atoms with van der Waals surface area (Å²) in [6.45, 7) is 6.11. The zero-order chi connectivity index (χ0) is 10.3. The molecule has 0 radical (unpaired) electrons. The smallest absolute Gasteiger partial charge is 0.302 e. The van der Waals surface area contributed by atoms with E-state index < -0.39 is 0 Å². The molecule has 14 heavy (non-hydrogen) atoms. The van der Waals surface area contributed by atoms with Crippen molar-refractivity contribution in [1.82, 2.24) is 0 Å². The zero-order valence-electron chi connectivity index (χ0n) is 8.87. The van der Waals surface area contributed by atoms with Gasteiger partial charge in [-0.05, 0) is 20.3 Å². The lowest BCUT2D eigenvalue weighted by molar-refractivity contribution is -0.142. The van der Waals surface area contributed by atoms with Crippen molar-refractivity contribution in [2.24, 2.45) is 5.92 Å². The molecule has 0 amide bonds. The molecule has 2 rings (SSSR count). The topological polar surface area (TPSA) is 38.8 Å². The van der Waals surface area contributed by atoms with Crippen LogP contribution in [0.5, 0.6) is 0 Å². The fraction of sp³-hybridized carbons (Fsp3) is 0.727. The highest BCUT2D eigenvalue weighted by Gasteiger charge is 2.57. The largest absolute Gasteiger partial charge is 0.465 e. The van der Waals surface area contributed by atoms with Crippen LogP contribution in [0.1, 0.15) is 27.2 Å². The Hall–Kier alpha value is -0.830. The van der Waals surface area contributed by atoms with Crippen molar-refractivity contribution in [2.75, 3.05) is 6.61 Å². The van der Waals surface area contributed by atoms with Crippen LogP contribution < -0.4 is 0 Å². The molecule has 0 saturated carbocycles. The molecule has 3 nitrogen and oxygen atoms in total. The average Bonchev–Trinajstić information content (AvgIpc) is 2.71. The van der Waals surface area contributed by atoms with Crippen LogP contribution >= 0.6 is 0 Å². The van der Waals surface area contributed by atoms with Gasteiger partial charge in [0.25, 0.3) is 0 Å². The number of epoxide rings is 1. The molecule has 2 aliphatic rings. The van der Waals surface area contributed by atoms with Gasteiger partial charge in [0.15, 0.2) is 0 Å². The Labute approximate surface area is 84.1 Å². The fourth-order valence-corrected chi connectivity index (χ4v) is 2.35. The maximum Gasteiger partial charge on any atom is 0.302 e. The number of fused-ring (bicyclic) bond motifs is 1. The number of carbonyl (C=O) groups excluding carboxylic acids is 1. The number of hydrogen-bond acceptors (Lipinski definition) is 3. The Morgan fingerprint density at radius 3 is 3.14 bits per heavy atom. The van der Waals surface area contributed by atoms with E-state index in [1.54, 1.807) is 0 Å². The van der Waals surface area contributed by atoms with E-state index >= 15 is 0 Å². The zero-order valence-corrected chi connectivity index (χ0v) is 8.87. The highest BCUT2D eigenvalue weighted by atomic mass is 16.6. The van der Waals surface area contributed by atoms with Crippen LogP contribution in [0.25, 0.3) is 0 Å². The molecule has 0 aromatic carbocycles. The van der Waals surface area contributed by atoms with E-state index in [9.17, 15) is 4.79 Å². The van der Waals surface area contributed by atoms with Crippen molar-refractivity contribution >= 4 is 5.97 Å². The molecule has 1 fully saturated rings. The number of esters is 1. The van der Waals surface area contributed by atoms with Crippen LogP contribution in [-0.2, 0) is 14.3 Å². The molecular formula is C11H16O3. The number of hydrogen-bond donors (Lipinski definition) is 0. The Bertz CT molecular complexity index is 295. The Kier molecular flexibility index (Phi) is 2.14. The minimum Gasteiger partial charge on any atom is -0.465 e. The third-order valence-corrected chi connectivity index (χ3v) is 2.94. The van der Waals surface area contributed by atoms with Crippen LogP contribution in [0.4, 0.5) is 0 Å². The first kappa shape index (κ1) is 9.71. The number of ether oxygens (including phenoxy) is 2. The van der Waals surface area contributed by atoms with Crippen molar-refractivity contribution in [1.29, 1.82) is 0 Å². The summed E-state index contributed by atoms with van der Waals surface area (Å²) in [4.78, 5) is 10.7. The lowest BCUT2D eigenvalue weighted by Gasteiger charge is -2.19. The maximum absolute atomic E-state index is 10.7. The van der Waals surface area contributed by atoms with Gasteiger partial charge in [-0.15, -0.1) is 0 Å². The van der Waals surface area contributed by atoms with E-state index in [1.165, 1.54) is 12.5 Å². The summed E-state index contributed by atoms with van der Waals surface area (Å²) in [5.41, 5.74) is 1.35. The van der Waals surface area contributed by atoms with Crippen molar-refractivity contribution in [3.8, 4) is 0 Å². The molecule has 0 bridgehead atoms. The van der Waals surface area contributed by atoms with Crippen molar-refractivity contribution in [3.63, 3.8) is 0 Å². The van der Waals surface area contributed by atoms with E-state index in [-0.39, 0.29) is 23.6 Å². The Morgan fingerprint density at radius 1 is 1.79 bits per heavy atom. The molecule has 0 N–H and O–H groups in total. The highest BCUT2D eigenvalue weighted by molar-refractivity contribution is 5.65. The van der Waals surface area contributed by atoms with E-state index in [2.05, 4.69) is 19.9 Å². The maximum atomic E-state index is 10.7. The van der Waals surface area contributed by atoms with Gasteiger partial charge in [-0.2, -0.15) is 0 Å². The van der Waals surface area contributed by atoms with Gasteiger partial charge in [0, 0.05) is 12.8 Å². The third kappa shape index (κ3) is 1.69. The summed E-state index contributed by atoms with van der Waals surface area (Å²) < 4.78 is 10.6. The van der Waals surface area contributed by atoms with E-state index in [0.717, 1.165) is 6.42 Å². The van der Waals surface area contributed by atoms with Gasteiger partial charge in [0.2, 0.25) is 0 Å². The summed E-state index contributed by atoms with van der Waals surface area (Å²) in [5, 5.41) is 0. The average molecular weight is 196 g/mol. The molecule has 1 saturated heterocycles. The van der Waals surface area contributed by atoms with Crippen LogP contribution in [0.2, 0.25) is 0 Å². The summed E-state index contributed by atoms with van der Waals surface area (Å²) in [6.07, 6.45) is 3.43. The van der Waals surface area contributed by atoms with E-state index in [1.807, 2.05) is 0 Å². The summed E-state index contributed by atoms with van der Waals surface area (Å²) in [6, 6.07) is 0. The molecule has 1 heterocycles. The number of carbonyl (C=O) groups is 1. The third-order valence-electron chi connectivity index (χ3n) is 2.94. The predicted octanol–water partition coefficient (Wildman–Crippen LogP) is 1.67. The van der Waals surface area contributed by atoms with Gasteiger partial charge in [0.05, 0.1) is 11.7 Å². The fourth-order valence-electron chi connectivity index (χ4n) is 2.35. The molecule has 0 aromatic heterocycles. The predicted molar refractivity (Wildman–Crippen MR) is 51.8 cm³/mol. The van der Waals surface area contributed by atoms with E-state index in [0.29, 0.717) is 6.61 Å². The monoisotopic (exact) mass is 196 g/mol. The highest BCUT2D eigenvalue weighted by Crippen LogP contribution is 2.49. The van der Waals surface area contributed by atoms with Crippen molar-refractivity contribution < 1.29 is 14.3 Å². The first-order valence-corrected chi connectivity index (χ1v) is 5.00. The van der Waals surface area contributed by atoms with Crippen molar-refractivity contribution in [3.05, 3.63) is 11.6 Å².